The molecule has 0 saturated carbocycles. The lowest BCUT2D eigenvalue weighted by atomic mass is 9.64. The zero-order valence-electron chi connectivity index (χ0n) is 16.1. The molecule has 1 amide bonds. The molecule has 0 fully saturated rings. The molecule has 0 aliphatic carbocycles. The Balaban J connectivity index is 2.10. The Morgan fingerprint density at radius 2 is 1.96 bits per heavy atom. The van der Waals surface area contributed by atoms with Crippen LogP contribution in [0, 0.1) is 0 Å². The van der Waals surface area contributed by atoms with Gasteiger partial charge in [-0.3, -0.25) is 9.59 Å². The standard InChI is InChI=1S/C19H26BNO6/c1-4-15(22)11-14-10-13-8-7-9-16(18(13)27-20(14)25)19(24)26-12-17(23)21(5-2)6-3/h7-9,14,25H,4-6,10-12H2,1-3H3/t14-/m1/s1. The van der Waals surface area contributed by atoms with Crippen LogP contribution in [0.5, 0.6) is 5.75 Å². The third kappa shape index (κ3) is 5.10. The first-order valence-corrected chi connectivity index (χ1v) is 9.34. The molecule has 146 valence electrons. The molecule has 0 aromatic heterocycles. The Bertz CT molecular complexity index is 703. The summed E-state index contributed by atoms with van der Waals surface area (Å²) in [7, 11) is -1.17. The lowest BCUT2D eigenvalue weighted by molar-refractivity contribution is -0.134. The van der Waals surface area contributed by atoms with E-state index in [9.17, 15) is 19.4 Å². The number of rotatable bonds is 8. The summed E-state index contributed by atoms with van der Waals surface area (Å²) in [5, 5.41) is 10.2. The van der Waals surface area contributed by atoms with Crippen LogP contribution < -0.4 is 4.65 Å². The molecule has 1 heterocycles. The van der Waals surface area contributed by atoms with E-state index in [-0.39, 0.29) is 41.8 Å². The van der Waals surface area contributed by atoms with E-state index < -0.39 is 13.1 Å². The molecule has 8 heteroatoms. The van der Waals surface area contributed by atoms with Gasteiger partial charge in [-0.15, -0.1) is 0 Å². The Morgan fingerprint density at radius 3 is 2.59 bits per heavy atom. The van der Waals surface area contributed by atoms with Crippen molar-refractivity contribution in [3.05, 3.63) is 29.3 Å². The molecular formula is C19H26BNO6. The number of esters is 1. The molecule has 0 radical (unpaired) electrons. The minimum Gasteiger partial charge on any atom is -0.535 e. The van der Waals surface area contributed by atoms with Gasteiger partial charge in [0.1, 0.15) is 17.1 Å². The number of carbonyl (C=O) groups is 3. The Hall–Kier alpha value is -2.35. The molecule has 1 N–H and O–H groups in total. The van der Waals surface area contributed by atoms with Crippen LogP contribution in [0.3, 0.4) is 0 Å². The molecule has 1 aliphatic rings. The van der Waals surface area contributed by atoms with E-state index in [2.05, 4.69) is 0 Å². The summed E-state index contributed by atoms with van der Waals surface area (Å²) >= 11 is 0. The van der Waals surface area contributed by atoms with Gasteiger partial charge in [-0.1, -0.05) is 19.1 Å². The molecule has 27 heavy (non-hydrogen) atoms. The molecule has 1 aromatic carbocycles. The molecule has 2 rings (SSSR count). The summed E-state index contributed by atoms with van der Waals surface area (Å²) in [6.45, 7) is 6.22. The van der Waals surface area contributed by atoms with Gasteiger partial charge in [0.25, 0.3) is 5.91 Å². The van der Waals surface area contributed by atoms with Crippen molar-refractivity contribution in [3.63, 3.8) is 0 Å². The number of Topliss-reactive ketones (excluding diaryl/α,β-unsaturated/α-hetero) is 1. The van der Waals surface area contributed by atoms with Crippen LogP contribution in [0.2, 0.25) is 5.82 Å². The van der Waals surface area contributed by atoms with Crippen molar-refractivity contribution in [2.45, 2.75) is 45.9 Å². The summed E-state index contributed by atoms with van der Waals surface area (Å²) in [6, 6.07) is 5.02. The van der Waals surface area contributed by atoms with E-state index in [0.717, 1.165) is 5.56 Å². The minimum absolute atomic E-state index is 0.0524. The van der Waals surface area contributed by atoms with Crippen molar-refractivity contribution in [1.29, 1.82) is 0 Å². The second kappa shape index (κ2) is 9.55. The van der Waals surface area contributed by atoms with E-state index in [1.165, 1.54) is 6.07 Å². The molecule has 7 nitrogen and oxygen atoms in total. The number of amides is 1. The predicted molar refractivity (Wildman–Crippen MR) is 101 cm³/mol. The number of hydrogen-bond acceptors (Lipinski definition) is 6. The van der Waals surface area contributed by atoms with Crippen LogP contribution in [0.15, 0.2) is 18.2 Å². The van der Waals surface area contributed by atoms with E-state index in [4.69, 9.17) is 9.39 Å². The van der Waals surface area contributed by atoms with E-state index in [1.807, 2.05) is 13.8 Å². The van der Waals surface area contributed by atoms with Crippen LogP contribution in [-0.2, 0) is 20.7 Å². The summed E-state index contributed by atoms with van der Waals surface area (Å²) < 4.78 is 10.7. The molecule has 0 bridgehead atoms. The molecule has 0 saturated heterocycles. The van der Waals surface area contributed by atoms with Gasteiger partial charge in [0, 0.05) is 31.7 Å². The summed E-state index contributed by atoms with van der Waals surface area (Å²) in [6.07, 6.45) is 1.06. The molecule has 0 unspecified atom stereocenters. The average molecular weight is 375 g/mol. The fourth-order valence-electron chi connectivity index (χ4n) is 3.13. The highest BCUT2D eigenvalue weighted by Crippen LogP contribution is 2.36. The number of para-hydroxylation sites is 1. The Morgan fingerprint density at radius 1 is 1.26 bits per heavy atom. The normalized spacial score (nSPS) is 15.6. The van der Waals surface area contributed by atoms with Crippen LogP contribution in [0.1, 0.15) is 49.5 Å². The van der Waals surface area contributed by atoms with Crippen LogP contribution in [-0.4, -0.2) is 54.4 Å². The maximum absolute atomic E-state index is 12.4. The fraction of sp³-hybridized carbons (Fsp3) is 0.526. The highest BCUT2D eigenvalue weighted by atomic mass is 16.5. The van der Waals surface area contributed by atoms with E-state index in [1.54, 1.807) is 24.0 Å². The fourth-order valence-corrected chi connectivity index (χ4v) is 3.13. The van der Waals surface area contributed by atoms with Gasteiger partial charge in [-0.05, 0) is 31.9 Å². The smallest absolute Gasteiger partial charge is 0.526 e. The highest BCUT2D eigenvalue weighted by Gasteiger charge is 2.37. The van der Waals surface area contributed by atoms with Gasteiger partial charge < -0.3 is 19.3 Å². The first-order chi connectivity index (χ1) is 12.9. The molecule has 1 aromatic rings. The number of hydrogen-bond donors (Lipinski definition) is 1. The lowest BCUT2D eigenvalue weighted by Gasteiger charge is -2.28. The maximum Gasteiger partial charge on any atom is 0.526 e. The van der Waals surface area contributed by atoms with Crippen LogP contribution in [0.25, 0.3) is 0 Å². The van der Waals surface area contributed by atoms with Crippen molar-refractivity contribution in [2.24, 2.45) is 0 Å². The quantitative estimate of drug-likeness (QED) is 0.551. The molecule has 1 aliphatic heterocycles. The van der Waals surface area contributed by atoms with E-state index in [0.29, 0.717) is 25.9 Å². The van der Waals surface area contributed by atoms with E-state index >= 15 is 0 Å². The maximum atomic E-state index is 12.4. The number of ether oxygens (including phenoxy) is 1. The SMILES string of the molecule is CCC(=O)C[C@H]1Cc2cccc(C(=O)OCC(=O)N(CC)CC)c2OB1O. The number of carbonyl (C=O) groups excluding carboxylic acids is 3. The van der Waals surface area contributed by atoms with Gasteiger partial charge in [0.05, 0.1) is 0 Å². The van der Waals surface area contributed by atoms with Gasteiger partial charge >= 0.3 is 13.1 Å². The number of benzene rings is 1. The van der Waals surface area contributed by atoms with Crippen molar-refractivity contribution in [2.75, 3.05) is 19.7 Å². The number of fused-ring (bicyclic) bond motifs is 1. The third-order valence-corrected chi connectivity index (χ3v) is 4.77. The van der Waals surface area contributed by atoms with Crippen molar-refractivity contribution >= 4 is 24.8 Å². The zero-order chi connectivity index (χ0) is 20.0. The lowest BCUT2D eigenvalue weighted by Crippen LogP contribution is -2.36. The van der Waals surface area contributed by atoms with Crippen molar-refractivity contribution in [1.82, 2.24) is 4.90 Å². The van der Waals surface area contributed by atoms with Crippen LogP contribution >= 0.6 is 0 Å². The second-order valence-corrected chi connectivity index (χ2v) is 6.50. The van der Waals surface area contributed by atoms with Crippen molar-refractivity contribution in [3.8, 4) is 5.75 Å². The average Bonchev–Trinajstić information content (AvgIpc) is 2.67. The Kier molecular flexibility index (Phi) is 7.41. The van der Waals surface area contributed by atoms with Gasteiger partial charge in [0.2, 0.25) is 0 Å². The van der Waals surface area contributed by atoms with Crippen molar-refractivity contribution < 1.29 is 28.8 Å². The summed E-state index contributed by atoms with van der Waals surface area (Å²) in [4.78, 5) is 37.7. The largest absolute Gasteiger partial charge is 0.535 e. The first kappa shape index (κ1) is 21.0. The monoisotopic (exact) mass is 375 g/mol. The van der Waals surface area contributed by atoms with Gasteiger partial charge in [0.15, 0.2) is 6.61 Å². The van der Waals surface area contributed by atoms with Gasteiger partial charge in [-0.25, -0.2) is 4.79 Å². The Labute approximate surface area is 159 Å². The predicted octanol–water partition coefficient (Wildman–Crippen LogP) is 1.87. The molecular weight excluding hydrogens is 349 g/mol. The number of nitrogens with zero attached hydrogens (tertiary/aromatic N) is 1. The summed E-state index contributed by atoms with van der Waals surface area (Å²) in [5.41, 5.74) is 0.901. The number of ketones is 1. The van der Waals surface area contributed by atoms with Gasteiger partial charge in [-0.2, -0.15) is 0 Å². The molecule has 0 spiro atoms. The first-order valence-electron chi connectivity index (χ1n) is 9.34. The zero-order valence-corrected chi connectivity index (χ0v) is 16.1. The third-order valence-electron chi connectivity index (χ3n) is 4.77. The van der Waals surface area contributed by atoms with Crippen LogP contribution in [0.4, 0.5) is 0 Å². The highest BCUT2D eigenvalue weighted by molar-refractivity contribution is 6.47. The number of likely N-dealkylation sites (N-methyl/N-ethyl adjacent to an activating group) is 1. The minimum atomic E-state index is -1.17. The second-order valence-electron chi connectivity index (χ2n) is 6.50. The summed E-state index contributed by atoms with van der Waals surface area (Å²) in [5.74, 6) is -0.984. The molecule has 1 atom stereocenters. The topological polar surface area (TPSA) is 93.1 Å².